The fourth-order valence-electron chi connectivity index (χ4n) is 2.58. The zero-order valence-corrected chi connectivity index (χ0v) is 12.6. The minimum absolute atomic E-state index is 0.103. The van der Waals surface area contributed by atoms with Crippen LogP contribution in [-0.4, -0.2) is 48.9 Å². The van der Waals surface area contributed by atoms with Crippen LogP contribution in [0.25, 0.3) is 0 Å². The van der Waals surface area contributed by atoms with E-state index in [1.54, 1.807) is 13.2 Å². The van der Waals surface area contributed by atoms with Gasteiger partial charge in [0.05, 0.1) is 13.2 Å². The molecule has 1 heterocycles. The summed E-state index contributed by atoms with van der Waals surface area (Å²) in [6.45, 7) is 5.52. The molecule has 0 spiro atoms. The molecule has 116 valence electrons. The van der Waals surface area contributed by atoms with Crippen molar-refractivity contribution in [1.82, 2.24) is 4.90 Å². The Hall–Kier alpha value is -1.79. The number of nitrogens with zero attached hydrogens (tertiary/aromatic N) is 2. The molecule has 3 N–H and O–H groups in total. The van der Waals surface area contributed by atoms with Gasteiger partial charge in [-0.2, -0.15) is 0 Å². The van der Waals surface area contributed by atoms with Crippen LogP contribution < -0.4 is 10.5 Å². The second kappa shape index (κ2) is 7.28. The van der Waals surface area contributed by atoms with Crippen molar-refractivity contribution in [2.24, 2.45) is 10.9 Å². The van der Waals surface area contributed by atoms with Crippen molar-refractivity contribution in [3.8, 4) is 5.75 Å². The monoisotopic (exact) mass is 293 g/mol. The van der Waals surface area contributed by atoms with E-state index in [0.29, 0.717) is 5.56 Å². The summed E-state index contributed by atoms with van der Waals surface area (Å²) in [4.78, 5) is 2.34. The van der Waals surface area contributed by atoms with Gasteiger partial charge in [0.1, 0.15) is 5.75 Å². The highest BCUT2D eigenvalue weighted by molar-refractivity contribution is 5.97. The van der Waals surface area contributed by atoms with E-state index in [4.69, 9.17) is 20.4 Å². The highest BCUT2D eigenvalue weighted by atomic mass is 16.5. The molecular formula is C15H23N3O3. The third-order valence-electron chi connectivity index (χ3n) is 3.61. The molecule has 1 aromatic rings. The molecule has 1 aliphatic heterocycles. The minimum Gasteiger partial charge on any atom is -0.496 e. The van der Waals surface area contributed by atoms with Gasteiger partial charge in [0.25, 0.3) is 0 Å². The van der Waals surface area contributed by atoms with E-state index >= 15 is 0 Å². The third kappa shape index (κ3) is 4.09. The molecule has 1 saturated heterocycles. The maximum absolute atomic E-state index is 8.80. The van der Waals surface area contributed by atoms with E-state index < -0.39 is 0 Å². The van der Waals surface area contributed by atoms with Crippen LogP contribution >= 0.6 is 0 Å². The second-order valence-electron chi connectivity index (χ2n) is 5.28. The Balaban J connectivity index is 2.20. The van der Waals surface area contributed by atoms with E-state index in [9.17, 15) is 0 Å². The van der Waals surface area contributed by atoms with Gasteiger partial charge in [0.2, 0.25) is 0 Å². The van der Waals surface area contributed by atoms with Crippen molar-refractivity contribution in [3.05, 3.63) is 29.3 Å². The van der Waals surface area contributed by atoms with E-state index in [0.717, 1.165) is 44.0 Å². The number of methoxy groups -OCH3 is 1. The molecule has 0 amide bonds. The van der Waals surface area contributed by atoms with Crippen LogP contribution in [0.2, 0.25) is 0 Å². The Morgan fingerprint density at radius 1 is 1.57 bits per heavy atom. The molecule has 0 bridgehead atoms. The lowest BCUT2D eigenvalue weighted by molar-refractivity contribution is 0.0667. The minimum atomic E-state index is 0.103. The average molecular weight is 293 g/mol. The summed E-state index contributed by atoms with van der Waals surface area (Å²) in [7, 11) is 1.65. The molecule has 1 unspecified atom stereocenters. The van der Waals surface area contributed by atoms with Gasteiger partial charge in [0, 0.05) is 37.4 Å². The number of ether oxygens (including phenoxy) is 2. The number of benzene rings is 1. The number of nitrogens with two attached hydrogens (primary N) is 1. The largest absolute Gasteiger partial charge is 0.496 e. The van der Waals surface area contributed by atoms with Crippen LogP contribution in [0.3, 0.4) is 0 Å². The van der Waals surface area contributed by atoms with Crippen molar-refractivity contribution >= 4 is 5.84 Å². The number of hydrogen-bond donors (Lipinski definition) is 2. The van der Waals surface area contributed by atoms with Crippen molar-refractivity contribution in [3.63, 3.8) is 0 Å². The molecule has 6 heteroatoms. The van der Waals surface area contributed by atoms with E-state index in [2.05, 4.69) is 17.0 Å². The standard InChI is InChI=1S/C15H23N3O3/c1-11-9-18(6-3-7-21-11)10-13-8-12(15(16)17-19)4-5-14(13)20-2/h4-5,8,11,19H,3,6-7,9-10H2,1-2H3,(H2,16,17). The molecule has 6 nitrogen and oxygen atoms in total. The smallest absolute Gasteiger partial charge is 0.170 e. The van der Waals surface area contributed by atoms with Crippen LogP contribution in [0.5, 0.6) is 5.75 Å². The van der Waals surface area contributed by atoms with Crippen LogP contribution in [0.15, 0.2) is 23.4 Å². The van der Waals surface area contributed by atoms with Crippen molar-refractivity contribution in [2.45, 2.75) is 26.0 Å². The molecule has 0 saturated carbocycles. The van der Waals surface area contributed by atoms with Crippen LogP contribution in [0.1, 0.15) is 24.5 Å². The normalized spacial score (nSPS) is 21.0. The highest BCUT2D eigenvalue weighted by Gasteiger charge is 2.17. The quantitative estimate of drug-likeness (QED) is 0.380. The van der Waals surface area contributed by atoms with Gasteiger partial charge in [-0.05, 0) is 31.5 Å². The zero-order valence-electron chi connectivity index (χ0n) is 12.6. The second-order valence-corrected chi connectivity index (χ2v) is 5.28. The zero-order chi connectivity index (χ0) is 15.2. The van der Waals surface area contributed by atoms with Crippen LogP contribution in [-0.2, 0) is 11.3 Å². The van der Waals surface area contributed by atoms with Crippen LogP contribution in [0.4, 0.5) is 0 Å². The number of oxime groups is 1. The fourth-order valence-corrected chi connectivity index (χ4v) is 2.58. The molecular weight excluding hydrogens is 270 g/mol. The fraction of sp³-hybridized carbons (Fsp3) is 0.533. The topological polar surface area (TPSA) is 80.3 Å². The molecule has 21 heavy (non-hydrogen) atoms. The predicted octanol–water partition coefficient (Wildman–Crippen LogP) is 1.40. The van der Waals surface area contributed by atoms with E-state index in [1.807, 2.05) is 12.1 Å². The number of hydrogen-bond acceptors (Lipinski definition) is 5. The Bertz CT molecular complexity index is 505. The molecule has 1 aromatic carbocycles. The predicted molar refractivity (Wildman–Crippen MR) is 80.8 cm³/mol. The van der Waals surface area contributed by atoms with Crippen molar-refractivity contribution in [2.75, 3.05) is 26.8 Å². The summed E-state index contributed by atoms with van der Waals surface area (Å²) in [6, 6.07) is 5.54. The maximum atomic E-state index is 8.80. The van der Waals surface area contributed by atoms with E-state index in [-0.39, 0.29) is 11.9 Å². The van der Waals surface area contributed by atoms with E-state index in [1.165, 1.54) is 0 Å². The van der Waals surface area contributed by atoms with Crippen LogP contribution in [0, 0.1) is 0 Å². The summed E-state index contributed by atoms with van der Waals surface area (Å²) in [5.41, 5.74) is 7.37. The molecule has 2 rings (SSSR count). The van der Waals surface area contributed by atoms with Crippen molar-refractivity contribution < 1.29 is 14.7 Å². The maximum Gasteiger partial charge on any atom is 0.170 e. The Labute approximate surface area is 125 Å². The van der Waals surface area contributed by atoms with Gasteiger partial charge < -0.3 is 20.4 Å². The third-order valence-corrected chi connectivity index (χ3v) is 3.61. The molecule has 0 radical (unpaired) electrons. The first kappa shape index (κ1) is 15.6. The number of amidine groups is 1. The Morgan fingerprint density at radius 3 is 3.10 bits per heavy atom. The van der Waals surface area contributed by atoms with Gasteiger partial charge in [-0.25, -0.2) is 0 Å². The summed E-state index contributed by atoms with van der Waals surface area (Å²) in [5.74, 6) is 0.911. The lowest BCUT2D eigenvalue weighted by atomic mass is 10.1. The van der Waals surface area contributed by atoms with Gasteiger partial charge in [-0.1, -0.05) is 5.16 Å². The Kier molecular flexibility index (Phi) is 5.41. The molecule has 1 atom stereocenters. The summed E-state index contributed by atoms with van der Waals surface area (Å²) < 4.78 is 11.1. The van der Waals surface area contributed by atoms with Gasteiger partial charge in [-0.3, -0.25) is 4.90 Å². The SMILES string of the molecule is COc1ccc(/C(N)=N/O)cc1CN1CCCOC(C)C1. The molecule has 0 aromatic heterocycles. The number of rotatable bonds is 4. The van der Waals surface area contributed by atoms with Gasteiger partial charge in [0.15, 0.2) is 5.84 Å². The average Bonchev–Trinajstić information content (AvgIpc) is 2.70. The van der Waals surface area contributed by atoms with Crippen molar-refractivity contribution in [1.29, 1.82) is 0 Å². The highest BCUT2D eigenvalue weighted by Crippen LogP contribution is 2.22. The summed E-state index contributed by atoms with van der Waals surface area (Å²) in [5, 5.41) is 11.9. The molecule has 1 aliphatic rings. The van der Waals surface area contributed by atoms with Gasteiger partial charge >= 0.3 is 0 Å². The lowest BCUT2D eigenvalue weighted by Gasteiger charge is -2.23. The summed E-state index contributed by atoms with van der Waals surface area (Å²) in [6.07, 6.45) is 1.25. The molecule has 0 aliphatic carbocycles. The first-order valence-corrected chi connectivity index (χ1v) is 7.12. The first-order chi connectivity index (χ1) is 10.1. The van der Waals surface area contributed by atoms with Gasteiger partial charge in [-0.15, -0.1) is 0 Å². The summed E-state index contributed by atoms with van der Waals surface area (Å²) >= 11 is 0. The lowest BCUT2D eigenvalue weighted by Crippen LogP contribution is -2.30. The Morgan fingerprint density at radius 2 is 2.38 bits per heavy atom. The molecule has 1 fully saturated rings. The first-order valence-electron chi connectivity index (χ1n) is 7.12.